The number of amides is 2. The van der Waals surface area contributed by atoms with Gasteiger partial charge in [-0.05, 0) is 12.8 Å². The molecule has 1 aliphatic rings. The summed E-state index contributed by atoms with van der Waals surface area (Å²) in [5.41, 5.74) is 5.13. The van der Waals surface area contributed by atoms with Crippen LogP contribution >= 0.6 is 0 Å². The molecule has 0 aromatic carbocycles. The Kier molecular flexibility index (Phi) is 3.70. The SMILES string of the molecule is NC(=O)N1CCCC1COCC(=O)O. The van der Waals surface area contributed by atoms with Gasteiger partial charge < -0.3 is 20.5 Å². The second-order valence-corrected chi connectivity index (χ2v) is 3.24. The van der Waals surface area contributed by atoms with Gasteiger partial charge in [0.15, 0.2) is 0 Å². The van der Waals surface area contributed by atoms with E-state index in [2.05, 4.69) is 0 Å². The minimum Gasteiger partial charge on any atom is -0.480 e. The van der Waals surface area contributed by atoms with Crippen LogP contribution in [0.4, 0.5) is 4.79 Å². The van der Waals surface area contributed by atoms with E-state index >= 15 is 0 Å². The van der Waals surface area contributed by atoms with E-state index in [1.54, 1.807) is 0 Å². The number of rotatable bonds is 4. The standard InChI is InChI=1S/C8H14N2O4/c9-8(13)10-3-1-2-6(10)4-14-5-7(11)12/h6H,1-5H2,(H2,9,13)(H,11,12). The number of carboxylic acids is 1. The molecule has 80 valence electrons. The van der Waals surface area contributed by atoms with E-state index in [0.717, 1.165) is 12.8 Å². The van der Waals surface area contributed by atoms with Crippen molar-refractivity contribution in [2.75, 3.05) is 19.8 Å². The fourth-order valence-electron chi connectivity index (χ4n) is 1.58. The van der Waals surface area contributed by atoms with Crippen LogP contribution in [0.3, 0.4) is 0 Å². The van der Waals surface area contributed by atoms with E-state index < -0.39 is 12.0 Å². The van der Waals surface area contributed by atoms with Gasteiger partial charge >= 0.3 is 12.0 Å². The molecule has 1 atom stereocenters. The van der Waals surface area contributed by atoms with Crippen LogP contribution < -0.4 is 5.73 Å². The first kappa shape index (κ1) is 10.8. The van der Waals surface area contributed by atoms with Crippen molar-refractivity contribution in [1.82, 2.24) is 4.90 Å². The Bertz CT molecular complexity index is 231. The van der Waals surface area contributed by atoms with Crippen LogP contribution in [0.2, 0.25) is 0 Å². The molecule has 0 spiro atoms. The average molecular weight is 202 g/mol. The van der Waals surface area contributed by atoms with Gasteiger partial charge in [0, 0.05) is 6.54 Å². The molecule has 0 aromatic rings. The summed E-state index contributed by atoms with van der Waals surface area (Å²) >= 11 is 0. The highest BCUT2D eigenvalue weighted by molar-refractivity contribution is 5.72. The minimum absolute atomic E-state index is 0.0631. The summed E-state index contributed by atoms with van der Waals surface area (Å²) in [6.45, 7) is 0.550. The van der Waals surface area contributed by atoms with Gasteiger partial charge in [-0.3, -0.25) is 0 Å². The van der Waals surface area contributed by atoms with Crippen molar-refractivity contribution in [3.8, 4) is 0 Å². The largest absolute Gasteiger partial charge is 0.480 e. The monoisotopic (exact) mass is 202 g/mol. The molecule has 1 aliphatic heterocycles. The predicted octanol–water partition coefficient (Wildman–Crippen LogP) is -0.369. The van der Waals surface area contributed by atoms with Crippen molar-refractivity contribution < 1.29 is 19.4 Å². The van der Waals surface area contributed by atoms with Crippen LogP contribution in [-0.4, -0.2) is 47.8 Å². The Hall–Kier alpha value is -1.30. The zero-order valence-corrected chi connectivity index (χ0v) is 7.81. The fourth-order valence-corrected chi connectivity index (χ4v) is 1.58. The normalized spacial score (nSPS) is 21.1. The van der Waals surface area contributed by atoms with Crippen LogP contribution in [0.1, 0.15) is 12.8 Å². The predicted molar refractivity (Wildman–Crippen MR) is 47.8 cm³/mol. The van der Waals surface area contributed by atoms with Gasteiger partial charge in [0.05, 0.1) is 12.6 Å². The smallest absolute Gasteiger partial charge is 0.329 e. The molecule has 1 unspecified atom stereocenters. The van der Waals surface area contributed by atoms with Gasteiger partial charge in [-0.25, -0.2) is 9.59 Å². The van der Waals surface area contributed by atoms with Crippen LogP contribution in [-0.2, 0) is 9.53 Å². The third-order valence-electron chi connectivity index (χ3n) is 2.20. The number of primary amides is 1. The van der Waals surface area contributed by atoms with Crippen molar-refractivity contribution in [3.05, 3.63) is 0 Å². The van der Waals surface area contributed by atoms with Crippen LogP contribution in [0.5, 0.6) is 0 Å². The Labute approximate surface area is 81.6 Å². The minimum atomic E-state index is -1.01. The number of urea groups is 1. The summed E-state index contributed by atoms with van der Waals surface area (Å²) in [7, 11) is 0. The number of carboxylic acid groups (broad SMARTS) is 1. The van der Waals surface area contributed by atoms with Crippen molar-refractivity contribution in [2.24, 2.45) is 5.73 Å². The Morgan fingerprint density at radius 3 is 2.86 bits per heavy atom. The number of hydrogen-bond donors (Lipinski definition) is 2. The van der Waals surface area contributed by atoms with Crippen LogP contribution in [0.15, 0.2) is 0 Å². The van der Waals surface area contributed by atoms with E-state index in [-0.39, 0.29) is 19.3 Å². The number of aliphatic carboxylic acids is 1. The third kappa shape index (κ3) is 2.88. The summed E-state index contributed by atoms with van der Waals surface area (Å²) in [4.78, 5) is 22.6. The van der Waals surface area contributed by atoms with E-state index in [4.69, 9.17) is 15.6 Å². The van der Waals surface area contributed by atoms with Gasteiger partial charge in [0.25, 0.3) is 0 Å². The molecular formula is C8H14N2O4. The molecule has 6 nitrogen and oxygen atoms in total. The average Bonchev–Trinajstić information content (AvgIpc) is 2.51. The van der Waals surface area contributed by atoms with Crippen LogP contribution in [0, 0.1) is 0 Å². The summed E-state index contributed by atoms with van der Waals surface area (Å²) in [5.74, 6) is -1.01. The lowest BCUT2D eigenvalue weighted by Crippen LogP contribution is -2.41. The molecule has 3 N–H and O–H groups in total. The highest BCUT2D eigenvalue weighted by atomic mass is 16.5. The molecular weight excluding hydrogens is 188 g/mol. The summed E-state index contributed by atoms with van der Waals surface area (Å²) in [6.07, 6.45) is 1.71. The molecule has 0 radical (unpaired) electrons. The number of nitrogens with two attached hydrogens (primary N) is 1. The molecule has 14 heavy (non-hydrogen) atoms. The lowest BCUT2D eigenvalue weighted by atomic mass is 10.2. The third-order valence-corrected chi connectivity index (χ3v) is 2.20. The Morgan fingerprint density at radius 2 is 2.29 bits per heavy atom. The molecule has 1 heterocycles. The number of ether oxygens (including phenoxy) is 1. The van der Waals surface area contributed by atoms with Crippen molar-refractivity contribution >= 4 is 12.0 Å². The van der Waals surface area contributed by atoms with E-state index in [9.17, 15) is 9.59 Å². The first-order chi connectivity index (χ1) is 6.61. The summed E-state index contributed by atoms with van der Waals surface area (Å²) in [5, 5.41) is 8.33. The van der Waals surface area contributed by atoms with Gasteiger partial charge in [-0.1, -0.05) is 0 Å². The Morgan fingerprint density at radius 1 is 1.57 bits per heavy atom. The van der Waals surface area contributed by atoms with Gasteiger partial charge in [0.1, 0.15) is 6.61 Å². The van der Waals surface area contributed by atoms with Crippen molar-refractivity contribution in [3.63, 3.8) is 0 Å². The molecule has 0 aliphatic carbocycles. The summed E-state index contributed by atoms with van der Waals surface area (Å²) in [6, 6.07) is -0.529. The number of carbonyl (C=O) groups excluding carboxylic acids is 1. The lowest BCUT2D eigenvalue weighted by Gasteiger charge is -2.21. The van der Waals surface area contributed by atoms with Gasteiger partial charge in [-0.2, -0.15) is 0 Å². The number of hydrogen-bond acceptors (Lipinski definition) is 3. The maximum Gasteiger partial charge on any atom is 0.329 e. The lowest BCUT2D eigenvalue weighted by molar-refractivity contribution is -0.142. The number of nitrogens with zero attached hydrogens (tertiary/aromatic N) is 1. The zero-order chi connectivity index (χ0) is 10.6. The van der Waals surface area contributed by atoms with Gasteiger partial charge in [0.2, 0.25) is 0 Å². The topological polar surface area (TPSA) is 92.9 Å². The number of carbonyl (C=O) groups is 2. The van der Waals surface area contributed by atoms with Crippen LogP contribution in [0.25, 0.3) is 0 Å². The molecule has 1 saturated heterocycles. The molecule has 1 fully saturated rings. The first-order valence-corrected chi connectivity index (χ1v) is 4.47. The summed E-state index contributed by atoms with van der Waals surface area (Å²) < 4.78 is 4.91. The molecule has 2 amide bonds. The van der Waals surface area contributed by atoms with E-state index in [0.29, 0.717) is 6.54 Å². The zero-order valence-electron chi connectivity index (χ0n) is 7.81. The van der Waals surface area contributed by atoms with E-state index in [1.165, 1.54) is 4.90 Å². The Balaban J connectivity index is 2.29. The quantitative estimate of drug-likeness (QED) is 0.650. The molecule has 0 bridgehead atoms. The maximum atomic E-state index is 10.9. The maximum absolute atomic E-state index is 10.9. The molecule has 1 rings (SSSR count). The van der Waals surface area contributed by atoms with Crippen molar-refractivity contribution in [2.45, 2.75) is 18.9 Å². The fraction of sp³-hybridized carbons (Fsp3) is 0.750. The molecule has 6 heteroatoms. The van der Waals surface area contributed by atoms with Gasteiger partial charge in [-0.15, -0.1) is 0 Å². The second kappa shape index (κ2) is 4.80. The second-order valence-electron chi connectivity index (χ2n) is 3.24. The van der Waals surface area contributed by atoms with E-state index in [1.807, 2.05) is 0 Å². The highest BCUT2D eigenvalue weighted by Crippen LogP contribution is 2.16. The highest BCUT2D eigenvalue weighted by Gasteiger charge is 2.27. The number of likely N-dealkylation sites (tertiary alicyclic amines) is 1. The molecule has 0 aromatic heterocycles. The molecule has 0 saturated carbocycles. The van der Waals surface area contributed by atoms with Crippen molar-refractivity contribution in [1.29, 1.82) is 0 Å². The first-order valence-electron chi connectivity index (χ1n) is 4.47.